The smallest absolute Gasteiger partial charge is 0.329 e. The molecular weight excluding hydrogens is 568 g/mol. The number of likely N-dealkylation sites (tertiary alicyclic amines) is 2. The number of hydrogen-bond donors (Lipinski definition) is 1. The molecule has 2 heterocycles. The van der Waals surface area contributed by atoms with Gasteiger partial charge in [0.05, 0.1) is 12.1 Å². The van der Waals surface area contributed by atoms with Crippen molar-refractivity contribution in [1.29, 1.82) is 0 Å². The second kappa shape index (κ2) is 16.9. The molecule has 1 aromatic carbocycles. The van der Waals surface area contributed by atoms with Gasteiger partial charge in [0, 0.05) is 19.2 Å². The minimum Gasteiger partial charge on any atom is -0.456 e. The number of rotatable bonds is 13. The van der Waals surface area contributed by atoms with Gasteiger partial charge in [0.1, 0.15) is 18.2 Å². The van der Waals surface area contributed by atoms with Crippen LogP contribution in [0.3, 0.4) is 0 Å². The number of nitrogens with one attached hydrogen (secondary N) is 1. The Labute approximate surface area is 270 Å². The van der Waals surface area contributed by atoms with Gasteiger partial charge in [-0.25, -0.2) is 4.79 Å². The highest BCUT2D eigenvalue weighted by molar-refractivity contribution is 5.96. The Morgan fingerprint density at radius 3 is 2.24 bits per heavy atom. The van der Waals surface area contributed by atoms with Gasteiger partial charge in [-0.3, -0.25) is 19.3 Å². The van der Waals surface area contributed by atoms with Crippen molar-refractivity contribution in [3.05, 3.63) is 47.5 Å². The lowest BCUT2D eigenvalue weighted by Crippen LogP contribution is -2.57. The molecule has 1 unspecified atom stereocenters. The van der Waals surface area contributed by atoms with Crippen molar-refractivity contribution in [2.75, 3.05) is 27.2 Å². The van der Waals surface area contributed by atoms with E-state index in [4.69, 9.17) is 4.74 Å². The number of piperidine rings is 1. The maximum atomic E-state index is 13.9. The molecule has 0 spiro atoms. The Morgan fingerprint density at radius 2 is 1.64 bits per heavy atom. The zero-order chi connectivity index (χ0) is 33.3. The lowest BCUT2D eigenvalue weighted by molar-refractivity contribution is -0.158. The number of carbonyl (C=O) groups excluding carboxylic acids is 4. The Bertz CT molecular complexity index is 1180. The topological polar surface area (TPSA) is 99.3 Å². The number of likely N-dealkylation sites (N-methyl/N-ethyl adjacent to an activating group) is 2. The molecule has 0 aliphatic carbocycles. The highest BCUT2D eigenvalue weighted by atomic mass is 16.5. The molecule has 3 amide bonds. The number of esters is 1. The molecule has 9 heteroatoms. The van der Waals surface area contributed by atoms with Gasteiger partial charge in [-0.2, -0.15) is 0 Å². The summed E-state index contributed by atoms with van der Waals surface area (Å²) < 4.78 is 6.00. The van der Waals surface area contributed by atoms with Crippen molar-refractivity contribution in [2.24, 2.45) is 11.8 Å². The first-order valence-corrected chi connectivity index (χ1v) is 16.9. The third-order valence-electron chi connectivity index (χ3n) is 9.31. The zero-order valence-corrected chi connectivity index (χ0v) is 28.8. The fraction of sp³-hybridized carbons (Fsp3) is 0.667. The van der Waals surface area contributed by atoms with E-state index in [0.29, 0.717) is 25.0 Å². The molecule has 5 atom stereocenters. The maximum Gasteiger partial charge on any atom is 0.329 e. The van der Waals surface area contributed by atoms with Gasteiger partial charge in [-0.05, 0) is 70.0 Å². The molecule has 2 aliphatic rings. The van der Waals surface area contributed by atoms with Gasteiger partial charge in [-0.15, -0.1) is 0 Å². The molecule has 1 N–H and O–H groups in total. The summed E-state index contributed by atoms with van der Waals surface area (Å²) in [5.74, 6) is -0.987. The van der Waals surface area contributed by atoms with Gasteiger partial charge in [0.25, 0.3) is 0 Å². The maximum absolute atomic E-state index is 13.9. The summed E-state index contributed by atoms with van der Waals surface area (Å²) in [5, 5.41) is 3.05. The Balaban J connectivity index is 1.73. The predicted octanol–water partition coefficient (Wildman–Crippen LogP) is 5.12. The van der Waals surface area contributed by atoms with Crippen molar-refractivity contribution in [3.8, 4) is 0 Å². The van der Waals surface area contributed by atoms with E-state index in [0.717, 1.165) is 44.2 Å². The molecule has 0 bridgehead atoms. The number of ether oxygens (including phenoxy) is 1. The van der Waals surface area contributed by atoms with Gasteiger partial charge in [0.15, 0.2) is 0 Å². The van der Waals surface area contributed by atoms with Gasteiger partial charge < -0.3 is 19.9 Å². The second-order valence-corrected chi connectivity index (χ2v) is 13.5. The SMILES string of the molecule is CCC[C@@H](OC(=O)[C@@H]1CCCN1C(=O)/C(C)=C/C(C(C)C)N(C)C(=O)[C@@H](NC(=O)[C@H]1CCCCN1C)C(C)C)c1ccccc1. The van der Waals surface area contributed by atoms with Crippen LogP contribution in [0.1, 0.15) is 98.2 Å². The number of hydrogen-bond acceptors (Lipinski definition) is 6. The number of amides is 3. The van der Waals surface area contributed by atoms with Crippen LogP contribution in [0.15, 0.2) is 42.0 Å². The number of nitrogens with zero attached hydrogens (tertiary/aromatic N) is 3. The van der Waals surface area contributed by atoms with Gasteiger partial charge >= 0.3 is 5.97 Å². The summed E-state index contributed by atoms with van der Waals surface area (Å²) in [4.78, 5) is 59.6. The fourth-order valence-electron chi connectivity index (χ4n) is 6.54. The molecule has 3 rings (SSSR count). The molecule has 1 aromatic rings. The highest BCUT2D eigenvalue weighted by Crippen LogP contribution is 2.28. The molecule has 0 aromatic heterocycles. The molecule has 2 fully saturated rings. The Hall–Kier alpha value is -3.20. The van der Waals surface area contributed by atoms with E-state index < -0.39 is 12.1 Å². The molecule has 2 saturated heterocycles. The second-order valence-electron chi connectivity index (χ2n) is 13.5. The van der Waals surface area contributed by atoms with Crippen LogP contribution in [0.25, 0.3) is 0 Å². The van der Waals surface area contributed by atoms with Crippen LogP contribution >= 0.6 is 0 Å². The normalized spacial score (nSPS) is 21.4. The molecule has 2 aliphatic heterocycles. The van der Waals surface area contributed by atoms with E-state index >= 15 is 0 Å². The van der Waals surface area contributed by atoms with E-state index in [1.165, 1.54) is 0 Å². The molecule has 250 valence electrons. The van der Waals surface area contributed by atoms with Crippen LogP contribution in [0.2, 0.25) is 0 Å². The highest BCUT2D eigenvalue weighted by Gasteiger charge is 2.38. The van der Waals surface area contributed by atoms with Crippen LogP contribution in [-0.4, -0.2) is 89.7 Å². The molecule has 0 radical (unpaired) electrons. The summed E-state index contributed by atoms with van der Waals surface area (Å²) in [7, 11) is 3.70. The minimum absolute atomic E-state index is 0.00899. The Kier molecular flexibility index (Phi) is 13.6. The lowest BCUT2D eigenvalue weighted by Gasteiger charge is -2.36. The van der Waals surface area contributed by atoms with Crippen molar-refractivity contribution >= 4 is 23.7 Å². The van der Waals surface area contributed by atoms with Crippen LogP contribution < -0.4 is 5.32 Å². The average molecular weight is 625 g/mol. The first kappa shape index (κ1) is 36.3. The zero-order valence-electron chi connectivity index (χ0n) is 28.8. The first-order chi connectivity index (χ1) is 21.4. The summed E-state index contributed by atoms with van der Waals surface area (Å²) in [6, 6.07) is 7.81. The van der Waals surface area contributed by atoms with Crippen LogP contribution in [0, 0.1) is 11.8 Å². The van der Waals surface area contributed by atoms with Gasteiger partial charge in [0.2, 0.25) is 17.7 Å². The third-order valence-corrected chi connectivity index (χ3v) is 9.31. The first-order valence-electron chi connectivity index (χ1n) is 16.9. The summed E-state index contributed by atoms with van der Waals surface area (Å²) in [6.45, 7) is 13.0. The average Bonchev–Trinajstić information content (AvgIpc) is 3.51. The van der Waals surface area contributed by atoms with E-state index in [2.05, 4.69) is 17.1 Å². The molecule has 9 nitrogen and oxygen atoms in total. The Morgan fingerprint density at radius 1 is 0.978 bits per heavy atom. The van der Waals surface area contributed by atoms with E-state index in [1.807, 2.05) is 71.2 Å². The van der Waals surface area contributed by atoms with Crippen molar-refractivity contribution < 1.29 is 23.9 Å². The van der Waals surface area contributed by atoms with Crippen molar-refractivity contribution in [1.82, 2.24) is 20.0 Å². The van der Waals surface area contributed by atoms with E-state index in [9.17, 15) is 19.2 Å². The van der Waals surface area contributed by atoms with E-state index in [-0.39, 0.29) is 53.7 Å². The monoisotopic (exact) mass is 624 g/mol. The van der Waals surface area contributed by atoms with Crippen molar-refractivity contribution in [2.45, 2.75) is 117 Å². The van der Waals surface area contributed by atoms with Crippen LogP contribution in [0.5, 0.6) is 0 Å². The van der Waals surface area contributed by atoms with Crippen LogP contribution in [0.4, 0.5) is 0 Å². The lowest BCUT2D eigenvalue weighted by atomic mass is 9.96. The third kappa shape index (κ3) is 9.41. The largest absolute Gasteiger partial charge is 0.456 e. The number of carbonyl (C=O) groups is 4. The number of benzene rings is 1. The summed E-state index contributed by atoms with van der Waals surface area (Å²) in [6.07, 6.45) is 7.20. The molecule has 0 saturated carbocycles. The summed E-state index contributed by atoms with van der Waals surface area (Å²) >= 11 is 0. The standard InChI is InChI=1S/C36H56N4O5/c1-9-16-31(27-17-11-10-12-18-27)45-36(44)29-20-15-22-40(29)34(42)26(6)23-30(24(2)3)39(8)35(43)32(25(4)5)37-33(41)28-19-13-14-21-38(28)7/h10-12,17-18,23-25,28-32H,9,13-16,19-22H2,1-8H3,(H,37,41)/b26-23+/t28-,29+,30?,31-,32+/m1/s1. The van der Waals surface area contributed by atoms with Crippen LogP contribution in [-0.2, 0) is 23.9 Å². The van der Waals surface area contributed by atoms with E-state index in [1.54, 1.807) is 23.8 Å². The molecule has 45 heavy (non-hydrogen) atoms. The summed E-state index contributed by atoms with van der Waals surface area (Å²) in [5.41, 5.74) is 1.43. The fourth-order valence-corrected chi connectivity index (χ4v) is 6.54. The molecular formula is C36H56N4O5. The van der Waals surface area contributed by atoms with Crippen molar-refractivity contribution in [3.63, 3.8) is 0 Å². The quantitative estimate of drug-likeness (QED) is 0.242. The predicted molar refractivity (Wildman–Crippen MR) is 177 cm³/mol. The minimum atomic E-state index is -0.679. The van der Waals surface area contributed by atoms with Gasteiger partial charge in [-0.1, -0.05) is 83.9 Å².